The van der Waals surface area contributed by atoms with Crippen LogP contribution in [0.3, 0.4) is 0 Å². The molecular formula is C11H7BrClNO4S2. The first-order chi connectivity index (χ1) is 9.29. The number of anilines is 1. The second-order valence-electron chi connectivity index (χ2n) is 3.69. The third-order valence-electron chi connectivity index (χ3n) is 2.27. The molecule has 1 aromatic carbocycles. The van der Waals surface area contributed by atoms with Crippen molar-refractivity contribution in [3.63, 3.8) is 0 Å². The summed E-state index contributed by atoms with van der Waals surface area (Å²) in [6.45, 7) is 0. The highest BCUT2D eigenvalue weighted by molar-refractivity contribution is 9.10. The average molecular weight is 397 g/mol. The van der Waals surface area contributed by atoms with Gasteiger partial charge in [0.25, 0.3) is 10.0 Å². The van der Waals surface area contributed by atoms with Gasteiger partial charge in [0, 0.05) is 9.85 Å². The van der Waals surface area contributed by atoms with E-state index in [1.165, 1.54) is 17.5 Å². The molecule has 0 aliphatic carbocycles. The Balaban J connectivity index is 2.30. The molecule has 1 heterocycles. The van der Waals surface area contributed by atoms with E-state index in [9.17, 15) is 13.2 Å². The fourth-order valence-electron chi connectivity index (χ4n) is 1.35. The molecule has 0 amide bonds. The van der Waals surface area contributed by atoms with Crippen molar-refractivity contribution in [1.29, 1.82) is 0 Å². The number of rotatable bonds is 4. The van der Waals surface area contributed by atoms with E-state index in [0.29, 0.717) is 15.2 Å². The van der Waals surface area contributed by atoms with Crippen molar-refractivity contribution in [3.05, 3.63) is 44.0 Å². The Hall–Kier alpha value is -1.09. The third kappa shape index (κ3) is 3.32. The maximum absolute atomic E-state index is 12.1. The van der Waals surface area contributed by atoms with Gasteiger partial charge in [0.15, 0.2) is 0 Å². The molecule has 1 aromatic heterocycles. The van der Waals surface area contributed by atoms with E-state index in [1.807, 2.05) is 0 Å². The Bertz CT molecular complexity index is 772. The van der Waals surface area contributed by atoms with Crippen molar-refractivity contribution in [2.24, 2.45) is 0 Å². The molecule has 0 saturated carbocycles. The molecule has 5 nitrogen and oxygen atoms in total. The largest absolute Gasteiger partial charge is 0.477 e. The highest BCUT2D eigenvalue weighted by Gasteiger charge is 2.18. The second-order valence-corrected chi connectivity index (χ2v) is 7.54. The number of carbonyl (C=O) groups is 1. The van der Waals surface area contributed by atoms with Crippen LogP contribution in [0.2, 0.25) is 5.02 Å². The van der Waals surface area contributed by atoms with E-state index in [2.05, 4.69) is 20.7 Å². The van der Waals surface area contributed by atoms with Gasteiger partial charge in [-0.05, 0) is 40.2 Å². The van der Waals surface area contributed by atoms with Gasteiger partial charge in [0.1, 0.15) is 4.88 Å². The number of nitrogens with one attached hydrogen (secondary N) is 1. The Morgan fingerprint density at radius 3 is 2.60 bits per heavy atom. The fourth-order valence-corrected chi connectivity index (χ4v) is 4.00. The Morgan fingerprint density at radius 1 is 1.35 bits per heavy atom. The normalized spacial score (nSPS) is 11.3. The summed E-state index contributed by atoms with van der Waals surface area (Å²) in [7, 11) is -3.82. The first-order valence-corrected chi connectivity index (χ1v) is 8.62. The van der Waals surface area contributed by atoms with Crippen molar-refractivity contribution >= 4 is 60.5 Å². The number of benzene rings is 1. The Morgan fingerprint density at radius 2 is 2.05 bits per heavy atom. The van der Waals surface area contributed by atoms with Crippen molar-refractivity contribution in [2.45, 2.75) is 4.90 Å². The van der Waals surface area contributed by atoms with E-state index >= 15 is 0 Å². The van der Waals surface area contributed by atoms with Crippen molar-refractivity contribution < 1.29 is 18.3 Å². The lowest BCUT2D eigenvalue weighted by Crippen LogP contribution is -2.12. The van der Waals surface area contributed by atoms with E-state index < -0.39 is 16.0 Å². The van der Waals surface area contributed by atoms with Gasteiger partial charge in [-0.3, -0.25) is 4.72 Å². The number of sulfonamides is 1. The minimum atomic E-state index is -3.82. The van der Waals surface area contributed by atoms with Crippen molar-refractivity contribution in [1.82, 2.24) is 0 Å². The van der Waals surface area contributed by atoms with Gasteiger partial charge in [-0.1, -0.05) is 11.6 Å². The molecular weight excluding hydrogens is 390 g/mol. The molecule has 106 valence electrons. The maximum atomic E-state index is 12.1. The second kappa shape index (κ2) is 5.72. The van der Waals surface area contributed by atoms with Gasteiger partial charge >= 0.3 is 5.97 Å². The zero-order valence-corrected chi connectivity index (χ0v) is 13.6. The molecule has 0 fully saturated rings. The molecule has 2 rings (SSSR count). The summed E-state index contributed by atoms with van der Waals surface area (Å²) in [5.41, 5.74) is 0.323. The van der Waals surface area contributed by atoms with E-state index in [1.54, 1.807) is 6.07 Å². The molecule has 0 radical (unpaired) electrons. The number of hydrogen-bond acceptors (Lipinski definition) is 4. The zero-order valence-electron chi connectivity index (χ0n) is 9.63. The van der Waals surface area contributed by atoms with Gasteiger partial charge < -0.3 is 5.11 Å². The molecule has 0 atom stereocenters. The van der Waals surface area contributed by atoms with Crippen LogP contribution < -0.4 is 4.72 Å². The van der Waals surface area contributed by atoms with Crippen LogP contribution in [0, 0.1) is 0 Å². The summed E-state index contributed by atoms with van der Waals surface area (Å²) in [6, 6.07) is 5.68. The van der Waals surface area contributed by atoms with E-state index in [-0.39, 0.29) is 9.77 Å². The lowest BCUT2D eigenvalue weighted by Gasteiger charge is -2.07. The summed E-state index contributed by atoms with van der Waals surface area (Å²) in [5, 5.41) is 10.5. The van der Waals surface area contributed by atoms with Gasteiger partial charge in [-0.2, -0.15) is 0 Å². The van der Waals surface area contributed by atoms with E-state index in [4.69, 9.17) is 16.7 Å². The minimum Gasteiger partial charge on any atom is -0.477 e. The quantitative estimate of drug-likeness (QED) is 0.826. The topological polar surface area (TPSA) is 83.5 Å². The highest BCUT2D eigenvalue weighted by atomic mass is 79.9. The number of carboxylic acids is 1. The van der Waals surface area contributed by atoms with Gasteiger partial charge in [0.05, 0.1) is 15.6 Å². The fraction of sp³-hybridized carbons (Fsp3) is 0. The van der Waals surface area contributed by atoms with Crippen molar-refractivity contribution in [2.75, 3.05) is 4.72 Å². The first-order valence-electron chi connectivity index (χ1n) is 5.09. The van der Waals surface area contributed by atoms with Crippen LogP contribution in [0.1, 0.15) is 9.67 Å². The van der Waals surface area contributed by atoms with Crippen LogP contribution >= 0.6 is 38.9 Å². The minimum absolute atomic E-state index is 0.0392. The molecule has 20 heavy (non-hydrogen) atoms. The molecule has 0 aliphatic heterocycles. The van der Waals surface area contributed by atoms with Crippen LogP contribution in [0.4, 0.5) is 5.69 Å². The number of aromatic carboxylic acids is 1. The predicted octanol–water partition coefficient (Wildman–Crippen LogP) is 3.66. The SMILES string of the molecule is O=C(O)c1cc(S(=O)(=O)Nc2ccc(Cl)c(Br)c2)cs1. The lowest BCUT2D eigenvalue weighted by molar-refractivity contribution is 0.0702. The monoisotopic (exact) mass is 395 g/mol. The molecule has 0 bridgehead atoms. The van der Waals surface area contributed by atoms with Gasteiger partial charge in [-0.25, -0.2) is 13.2 Å². The maximum Gasteiger partial charge on any atom is 0.345 e. The van der Waals surface area contributed by atoms with Crippen LogP contribution in [0.5, 0.6) is 0 Å². The Labute approximate surface area is 132 Å². The summed E-state index contributed by atoms with van der Waals surface area (Å²) in [5.74, 6) is -1.16. The average Bonchev–Trinajstić information content (AvgIpc) is 2.84. The summed E-state index contributed by atoms with van der Waals surface area (Å²) < 4.78 is 27.1. The van der Waals surface area contributed by atoms with Gasteiger partial charge in [0.2, 0.25) is 0 Å². The smallest absolute Gasteiger partial charge is 0.345 e. The number of hydrogen-bond donors (Lipinski definition) is 2. The van der Waals surface area contributed by atoms with E-state index in [0.717, 1.165) is 17.4 Å². The third-order valence-corrected chi connectivity index (χ3v) is 5.91. The van der Waals surface area contributed by atoms with Crippen LogP contribution in [-0.4, -0.2) is 19.5 Å². The highest BCUT2D eigenvalue weighted by Crippen LogP contribution is 2.27. The van der Waals surface area contributed by atoms with Crippen LogP contribution in [0.25, 0.3) is 0 Å². The summed E-state index contributed by atoms with van der Waals surface area (Å²) in [4.78, 5) is 10.6. The molecule has 0 spiro atoms. The number of thiophene rings is 1. The molecule has 0 unspecified atom stereocenters. The molecule has 9 heteroatoms. The molecule has 2 aromatic rings. The summed E-state index contributed by atoms with van der Waals surface area (Å²) >= 11 is 9.86. The van der Waals surface area contributed by atoms with Crippen LogP contribution in [0.15, 0.2) is 39.0 Å². The lowest BCUT2D eigenvalue weighted by atomic mass is 10.3. The zero-order chi connectivity index (χ0) is 14.9. The van der Waals surface area contributed by atoms with Crippen LogP contribution in [-0.2, 0) is 10.0 Å². The molecule has 2 N–H and O–H groups in total. The number of halogens is 2. The number of carboxylic acid groups (broad SMARTS) is 1. The van der Waals surface area contributed by atoms with Crippen molar-refractivity contribution in [3.8, 4) is 0 Å². The standard InChI is InChI=1S/C11H7BrClNO4S2/c12-8-3-6(1-2-9(8)13)14-20(17,18)7-4-10(11(15)16)19-5-7/h1-5,14H,(H,15,16). The molecule has 0 saturated heterocycles. The first kappa shape index (κ1) is 15.3. The van der Waals surface area contributed by atoms with Gasteiger partial charge in [-0.15, -0.1) is 11.3 Å². The summed E-state index contributed by atoms with van der Waals surface area (Å²) in [6.07, 6.45) is 0. The predicted molar refractivity (Wildman–Crippen MR) is 81.2 cm³/mol. The molecule has 0 aliphatic rings. The Kier molecular flexibility index (Phi) is 4.38.